The lowest BCUT2D eigenvalue weighted by Crippen LogP contribution is -2.08. The van der Waals surface area contributed by atoms with Crippen molar-refractivity contribution in [3.63, 3.8) is 0 Å². The van der Waals surface area contributed by atoms with Gasteiger partial charge in [-0.15, -0.1) is 0 Å². The molecule has 18 heavy (non-hydrogen) atoms. The van der Waals surface area contributed by atoms with E-state index in [1.165, 1.54) is 18.3 Å². The minimum Gasteiger partial charge on any atom is -0.328 e. The van der Waals surface area contributed by atoms with Gasteiger partial charge in [-0.25, -0.2) is 0 Å². The molecule has 0 atom stereocenters. The summed E-state index contributed by atoms with van der Waals surface area (Å²) in [5, 5.41) is 0. The molecule has 5 heteroatoms. The third-order valence-electron chi connectivity index (χ3n) is 2.63. The van der Waals surface area contributed by atoms with Crippen molar-refractivity contribution in [3.05, 3.63) is 58.0 Å². The molecule has 0 spiro atoms. The Kier molecular flexibility index (Phi) is 2.98. The maximum atomic E-state index is 12.4. The van der Waals surface area contributed by atoms with Crippen LogP contribution in [0.4, 0.5) is 13.2 Å². The summed E-state index contributed by atoms with van der Waals surface area (Å²) in [5.41, 5.74) is 0.939. The molecule has 1 N–H and O–H groups in total. The molecular formula is C13H10F3NO. The lowest BCUT2D eigenvalue weighted by molar-refractivity contribution is -0.137. The van der Waals surface area contributed by atoms with E-state index in [9.17, 15) is 18.0 Å². The molecule has 1 aromatic carbocycles. The van der Waals surface area contributed by atoms with Crippen LogP contribution in [0, 0.1) is 6.92 Å². The first-order valence-corrected chi connectivity index (χ1v) is 5.25. The molecule has 0 saturated carbocycles. The number of H-pyrrole nitrogens is 1. The van der Waals surface area contributed by atoms with E-state index in [1.807, 2.05) is 0 Å². The van der Waals surface area contributed by atoms with Gasteiger partial charge in [-0.05, 0) is 36.2 Å². The van der Waals surface area contributed by atoms with Gasteiger partial charge in [0.15, 0.2) is 0 Å². The number of alkyl halides is 3. The molecule has 2 aromatic rings. The molecule has 0 saturated heterocycles. The van der Waals surface area contributed by atoms with Crippen LogP contribution in [0.25, 0.3) is 11.1 Å². The SMILES string of the molecule is Cc1cc(-c2ccc(C(F)(F)F)cc2)c[nH]c1=O. The first-order valence-electron chi connectivity index (χ1n) is 5.25. The number of pyridine rings is 1. The Morgan fingerprint density at radius 2 is 1.67 bits per heavy atom. The van der Waals surface area contributed by atoms with Crippen LogP contribution in [0.3, 0.4) is 0 Å². The quantitative estimate of drug-likeness (QED) is 0.830. The number of rotatable bonds is 1. The summed E-state index contributed by atoms with van der Waals surface area (Å²) in [5.74, 6) is 0. The van der Waals surface area contributed by atoms with E-state index in [-0.39, 0.29) is 5.56 Å². The van der Waals surface area contributed by atoms with Crippen molar-refractivity contribution in [1.29, 1.82) is 0 Å². The van der Waals surface area contributed by atoms with Crippen molar-refractivity contribution in [3.8, 4) is 11.1 Å². The summed E-state index contributed by atoms with van der Waals surface area (Å²) in [6.45, 7) is 1.65. The minimum absolute atomic E-state index is 0.203. The highest BCUT2D eigenvalue weighted by Gasteiger charge is 2.29. The van der Waals surface area contributed by atoms with Crippen LogP contribution in [0.2, 0.25) is 0 Å². The number of aryl methyl sites for hydroxylation is 1. The Morgan fingerprint density at radius 1 is 1.06 bits per heavy atom. The molecule has 0 aliphatic heterocycles. The molecule has 1 aromatic heterocycles. The van der Waals surface area contributed by atoms with Crippen LogP contribution in [0.15, 0.2) is 41.3 Å². The lowest BCUT2D eigenvalue weighted by Gasteiger charge is -2.07. The smallest absolute Gasteiger partial charge is 0.328 e. The average Bonchev–Trinajstić information content (AvgIpc) is 2.32. The number of aromatic nitrogens is 1. The van der Waals surface area contributed by atoms with E-state index in [1.54, 1.807) is 13.0 Å². The normalized spacial score (nSPS) is 11.6. The van der Waals surface area contributed by atoms with Gasteiger partial charge in [0.25, 0.3) is 5.56 Å². The van der Waals surface area contributed by atoms with Crippen molar-refractivity contribution < 1.29 is 13.2 Å². The fraction of sp³-hybridized carbons (Fsp3) is 0.154. The Bertz CT molecular complexity index is 611. The van der Waals surface area contributed by atoms with E-state index >= 15 is 0 Å². The Hall–Kier alpha value is -2.04. The third kappa shape index (κ3) is 2.45. The summed E-state index contributed by atoms with van der Waals surface area (Å²) in [6.07, 6.45) is -2.85. The first kappa shape index (κ1) is 12.4. The molecule has 0 unspecified atom stereocenters. The molecule has 2 rings (SSSR count). The van der Waals surface area contributed by atoms with Crippen LogP contribution in [-0.2, 0) is 6.18 Å². The summed E-state index contributed by atoms with van der Waals surface area (Å²) < 4.78 is 37.2. The van der Waals surface area contributed by atoms with Gasteiger partial charge in [0.1, 0.15) is 0 Å². The van der Waals surface area contributed by atoms with Gasteiger partial charge in [-0.1, -0.05) is 12.1 Å². The first-order chi connectivity index (χ1) is 8.38. The van der Waals surface area contributed by atoms with Gasteiger partial charge in [0.2, 0.25) is 0 Å². The number of halogens is 3. The van der Waals surface area contributed by atoms with Crippen LogP contribution in [0.1, 0.15) is 11.1 Å². The standard InChI is InChI=1S/C13H10F3NO/c1-8-6-10(7-17-12(8)18)9-2-4-11(5-3-9)13(14,15)16/h2-7H,1H3,(H,17,18). The highest BCUT2D eigenvalue weighted by Crippen LogP contribution is 2.30. The van der Waals surface area contributed by atoms with Gasteiger partial charge in [0.05, 0.1) is 5.56 Å². The zero-order valence-electron chi connectivity index (χ0n) is 9.51. The van der Waals surface area contributed by atoms with Crippen molar-refractivity contribution in [2.45, 2.75) is 13.1 Å². The number of benzene rings is 1. The predicted octanol–water partition coefficient (Wildman–Crippen LogP) is 3.37. The minimum atomic E-state index is -4.33. The lowest BCUT2D eigenvalue weighted by atomic mass is 10.0. The van der Waals surface area contributed by atoms with Gasteiger partial charge >= 0.3 is 6.18 Å². The van der Waals surface area contributed by atoms with E-state index in [0.29, 0.717) is 16.7 Å². The Labute approximate surface area is 101 Å². The van der Waals surface area contributed by atoms with E-state index < -0.39 is 11.7 Å². The summed E-state index contributed by atoms with van der Waals surface area (Å²) >= 11 is 0. The van der Waals surface area contributed by atoms with Crippen LogP contribution in [-0.4, -0.2) is 4.98 Å². The highest BCUT2D eigenvalue weighted by molar-refractivity contribution is 5.63. The molecule has 94 valence electrons. The second kappa shape index (κ2) is 4.33. The Morgan fingerprint density at radius 3 is 2.17 bits per heavy atom. The second-order valence-electron chi connectivity index (χ2n) is 3.98. The van der Waals surface area contributed by atoms with E-state index in [2.05, 4.69) is 4.98 Å². The van der Waals surface area contributed by atoms with Crippen LogP contribution in [0.5, 0.6) is 0 Å². The highest BCUT2D eigenvalue weighted by atomic mass is 19.4. The molecule has 2 nitrogen and oxygen atoms in total. The fourth-order valence-electron chi connectivity index (χ4n) is 1.62. The van der Waals surface area contributed by atoms with Crippen LogP contribution >= 0.6 is 0 Å². The molecule has 0 radical (unpaired) electrons. The monoisotopic (exact) mass is 253 g/mol. The zero-order chi connectivity index (χ0) is 13.3. The topological polar surface area (TPSA) is 32.9 Å². The van der Waals surface area contributed by atoms with Crippen molar-refractivity contribution in [2.24, 2.45) is 0 Å². The largest absolute Gasteiger partial charge is 0.416 e. The summed E-state index contributed by atoms with van der Waals surface area (Å²) in [7, 11) is 0. The van der Waals surface area contributed by atoms with Crippen molar-refractivity contribution in [1.82, 2.24) is 4.98 Å². The number of hydrogen-bond donors (Lipinski definition) is 1. The number of nitrogens with one attached hydrogen (secondary N) is 1. The van der Waals surface area contributed by atoms with Gasteiger partial charge in [-0.2, -0.15) is 13.2 Å². The molecular weight excluding hydrogens is 243 g/mol. The zero-order valence-corrected chi connectivity index (χ0v) is 9.51. The van der Waals surface area contributed by atoms with E-state index in [0.717, 1.165) is 12.1 Å². The summed E-state index contributed by atoms with van der Waals surface area (Å²) in [4.78, 5) is 13.7. The molecule has 1 heterocycles. The van der Waals surface area contributed by atoms with Crippen molar-refractivity contribution in [2.75, 3.05) is 0 Å². The predicted molar refractivity (Wildman–Crippen MR) is 62.2 cm³/mol. The summed E-state index contributed by atoms with van der Waals surface area (Å²) in [6, 6.07) is 6.46. The van der Waals surface area contributed by atoms with E-state index in [4.69, 9.17) is 0 Å². The fourth-order valence-corrected chi connectivity index (χ4v) is 1.62. The average molecular weight is 253 g/mol. The van der Waals surface area contributed by atoms with Gasteiger partial charge < -0.3 is 4.98 Å². The second-order valence-corrected chi connectivity index (χ2v) is 3.98. The maximum absolute atomic E-state index is 12.4. The molecule has 0 aliphatic carbocycles. The Balaban J connectivity index is 2.40. The number of aromatic amines is 1. The van der Waals surface area contributed by atoms with Crippen LogP contribution < -0.4 is 5.56 Å². The van der Waals surface area contributed by atoms with Gasteiger partial charge in [-0.3, -0.25) is 4.79 Å². The van der Waals surface area contributed by atoms with Crippen molar-refractivity contribution >= 4 is 0 Å². The third-order valence-corrected chi connectivity index (χ3v) is 2.63. The molecule has 0 fully saturated rings. The molecule has 0 aliphatic rings. The molecule has 0 amide bonds. The molecule has 0 bridgehead atoms. The maximum Gasteiger partial charge on any atom is 0.416 e. The number of hydrogen-bond acceptors (Lipinski definition) is 1. The van der Waals surface area contributed by atoms with Gasteiger partial charge in [0, 0.05) is 11.8 Å².